The maximum absolute atomic E-state index is 13.3. The fourth-order valence-corrected chi connectivity index (χ4v) is 3.45. The van der Waals surface area contributed by atoms with Crippen molar-refractivity contribution in [2.45, 2.75) is 65.5 Å². The number of nitrogens with one attached hydrogen (secondary N) is 1. The smallest absolute Gasteiger partial charge is 0.243 e. The highest BCUT2D eigenvalue weighted by molar-refractivity contribution is 5.88. The summed E-state index contributed by atoms with van der Waals surface area (Å²) in [5, 5.41) is 3.04. The molecule has 2 aromatic carbocycles. The lowest BCUT2D eigenvalue weighted by Crippen LogP contribution is -2.54. The molecule has 0 aromatic heterocycles. The maximum atomic E-state index is 13.3. The highest BCUT2D eigenvalue weighted by atomic mass is 16.2. The van der Waals surface area contributed by atoms with E-state index < -0.39 is 6.04 Å². The van der Waals surface area contributed by atoms with E-state index in [0.717, 1.165) is 23.1 Å². The monoisotopic (exact) mass is 394 g/mol. The van der Waals surface area contributed by atoms with E-state index in [-0.39, 0.29) is 17.4 Å². The van der Waals surface area contributed by atoms with Gasteiger partial charge in [0.05, 0.1) is 6.42 Å². The van der Waals surface area contributed by atoms with E-state index in [2.05, 4.69) is 17.4 Å². The van der Waals surface area contributed by atoms with Crippen LogP contribution in [0.3, 0.4) is 0 Å². The van der Waals surface area contributed by atoms with Gasteiger partial charge in [0.25, 0.3) is 0 Å². The Bertz CT molecular complexity index is 809. The van der Waals surface area contributed by atoms with Gasteiger partial charge in [0.15, 0.2) is 0 Å². The molecule has 0 fully saturated rings. The van der Waals surface area contributed by atoms with Crippen LogP contribution in [0.4, 0.5) is 0 Å². The Morgan fingerprint density at radius 2 is 1.66 bits per heavy atom. The molecule has 0 spiro atoms. The summed E-state index contributed by atoms with van der Waals surface area (Å²) in [5.41, 5.74) is 2.93. The summed E-state index contributed by atoms with van der Waals surface area (Å²) in [6.07, 6.45) is 1.60. The molecular weight excluding hydrogens is 360 g/mol. The van der Waals surface area contributed by atoms with E-state index in [1.54, 1.807) is 4.90 Å². The first-order valence-corrected chi connectivity index (χ1v) is 10.4. The number of aryl methyl sites for hydroxylation is 1. The number of amides is 2. The van der Waals surface area contributed by atoms with E-state index in [1.165, 1.54) is 0 Å². The molecule has 0 bridgehead atoms. The molecular formula is C25H34N2O2. The summed E-state index contributed by atoms with van der Waals surface area (Å²) in [6.45, 7) is 10.4. The van der Waals surface area contributed by atoms with E-state index in [0.29, 0.717) is 19.4 Å². The van der Waals surface area contributed by atoms with Gasteiger partial charge in [-0.25, -0.2) is 0 Å². The van der Waals surface area contributed by atoms with Crippen molar-refractivity contribution < 1.29 is 9.59 Å². The number of rotatable bonds is 8. The molecule has 1 N–H and O–H groups in total. The van der Waals surface area contributed by atoms with Gasteiger partial charge in [-0.2, -0.15) is 0 Å². The fraction of sp³-hybridized carbons (Fsp3) is 0.440. The molecule has 0 aliphatic rings. The zero-order chi connectivity index (χ0) is 21.4. The minimum absolute atomic E-state index is 0.0116. The average Bonchev–Trinajstić information content (AvgIpc) is 2.64. The third kappa shape index (κ3) is 7.37. The molecule has 29 heavy (non-hydrogen) atoms. The summed E-state index contributed by atoms with van der Waals surface area (Å²) >= 11 is 0. The molecule has 2 aromatic rings. The van der Waals surface area contributed by atoms with Crippen molar-refractivity contribution in [3.8, 4) is 0 Å². The third-order valence-corrected chi connectivity index (χ3v) is 4.81. The van der Waals surface area contributed by atoms with Crippen LogP contribution in [0.2, 0.25) is 0 Å². The van der Waals surface area contributed by atoms with Gasteiger partial charge in [-0.05, 0) is 51.7 Å². The van der Waals surface area contributed by atoms with Crippen molar-refractivity contribution in [3.05, 3.63) is 71.3 Å². The standard InChI is InChI=1S/C25H34N2O2/c1-6-22(24(29)26-25(3,4)5)27(16-15-20-12-8-7-9-13-20)23(28)18-21-14-10-11-19(2)17-21/h7-14,17,22H,6,15-16,18H2,1-5H3,(H,26,29)/t22-/m1/s1. The lowest BCUT2D eigenvalue weighted by atomic mass is 10.0. The number of carbonyl (C=O) groups excluding carboxylic acids is 2. The van der Waals surface area contributed by atoms with Crippen molar-refractivity contribution >= 4 is 11.8 Å². The largest absolute Gasteiger partial charge is 0.350 e. The lowest BCUT2D eigenvalue weighted by molar-refractivity contribution is -0.140. The fourth-order valence-electron chi connectivity index (χ4n) is 3.45. The van der Waals surface area contributed by atoms with Gasteiger partial charge in [0.2, 0.25) is 11.8 Å². The van der Waals surface area contributed by atoms with Gasteiger partial charge >= 0.3 is 0 Å². The second kappa shape index (κ2) is 10.2. The molecule has 0 saturated carbocycles. The molecule has 0 aliphatic carbocycles. The Hall–Kier alpha value is -2.62. The van der Waals surface area contributed by atoms with E-state index in [4.69, 9.17) is 0 Å². The Labute approximate surface area is 175 Å². The number of hydrogen-bond donors (Lipinski definition) is 1. The van der Waals surface area contributed by atoms with Gasteiger partial charge < -0.3 is 10.2 Å². The highest BCUT2D eigenvalue weighted by Crippen LogP contribution is 2.14. The molecule has 2 rings (SSSR count). The molecule has 2 amide bonds. The molecule has 0 aliphatic heterocycles. The molecule has 1 atom stereocenters. The topological polar surface area (TPSA) is 49.4 Å². The van der Waals surface area contributed by atoms with Crippen LogP contribution in [-0.4, -0.2) is 34.8 Å². The summed E-state index contributed by atoms with van der Waals surface area (Å²) in [6, 6.07) is 17.6. The van der Waals surface area contributed by atoms with Crippen molar-refractivity contribution in [2.75, 3.05) is 6.54 Å². The lowest BCUT2D eigenvalue weighted by Gasteiger charge is -2.33. The van der Waals surface area contributed by atoms with Gasteiger partial charge in [-0.15, -0.1) is 0 Å². The van der Waals surface area contributed by atoms with Crippen LogP contribution in [0.25, 0.3) is 0 Å². The highest BCUT2D eigenvalue weighted by Gasteiger charge is 2.30. The van der Waals surface area contributed by atoms with Crippen LogP contribution in [-0.2, 0) is 22.4 Å². The second-order valence-corrected chi connectivity index (χ2v) is 8.65. The van der Waals surface area contributed by atoms with Crippen molar-refractivity contribution in [2.24, 2.45) is 0 Å². The van der Waals surface area contributed by atoms with E-state index in [9.17, 15) is 9.59 Å². The predicted molar refractivity (Wildman–Crippen MR) is 119 cm³/mol. The molecule has 4 nitrogen and oxygen atoms in total. The number of carbonyl (C=O) groups is 2. The zero-order valence-corrected chi connectivity index (χ0v) is 18.4. The SMILES string of the molecule is CC[C@H](C(=O)NC(C)(C)C)N(CCc1ccccc1)C(=O)Cc1cccc(C)c1. The molecule has 156 valence electrons. The molecule has 0 saturated heterocycles. The van der Waals surface area contributed by atoms with Crippen LogP contribution in [0.5, 0.6) is 0 Å². The summed E-state index contributed by atoms with van der Waals surface area (Å²) in [4.78, 5) is 28.0. The minimum Gasteiger partial charge on any atom is -0.350 e. The average molecular weight is 395 g/mol. The maximum Gasteiger partial charge on any atom is 0.243 e. The molecule has 4 heteroatoms. The predicted octanol–water partition coefficient (Wildman–Crippen LogP) is 4.30. The summed E-state index contributed by atoms with van der Waals surface area (Å²) in [7, 11) is 0. The van der Waals surface area contributed by atoms with Crippen molar-refractivity contribution in [1.29, 1.82) is 0 Å². The van der Waals surface area contributed by atoms with Gasteiger partial charge in [-0.3, -0.25) is 9.59 Å². The van der Waals surface area contributed by atoms with Gasteiger partial charge in [-0.1, -0.05) is 67.1 Å². The van der Waals surface area contributed by atoms with Gasteiger partial charge in [0.1, 0.15) is 6.04 Å². The van der Waals surface area contributed by atoms with Crippen molar-refractivity contribution in [3.63, 3.8) is 0 Å². The van der Waals surface area contributed by atoms with Crippen LogP contribution < -0.4 is 5.32 Å². The number of hydrogen-bond acceptors (Lipinski definition) is 2. The second-order valence-electron chi connectivity index (χ2n) is 8.65. The third-order valence-electron chi connectivity index (χ3n) is 4.81. The molecule has 0 unspecified atom stereocenters. The van der Waals surface area contributed by atoms with Crippen LogP contribution >= 0.6 is 0 Å². The van der Waals surface area contributed by atoms with Gasteiger partial charge in [0, 0.05) is 12.1 Å². The zero-order valence-electron chi connectivity index (χ0n) is 18.4. The van der Waals surface area contributed by atoms with E-state index in [1.807, 2.05) is 77.1 Å². The summed E-state index contributed by atoms with van der Waals surface area (Å²) in [5.74, 6) is -0.104. The Kier molecular flexibility index (Phi) is 8.00. The summed E-state index contributed by atoms with van der Waals surface area (Å²) < 4.78 is 0. The number of benzene rings is 2. The quantitative estimate of drug-likeness (QED) is 0.726. The molecule has 0 radical (unpaired) electrons. The van der Waals surface area contributed by atoms with E-state index >= 15 is 0 Å². The Morgan fingerprint density at radius 1 is 1.00 bits per heavy atom. The number of nitrogens with zero attached hydrogens (tertiary/aromatic N) is 1. The molecule has 0 heterocycles. The van der Waals surface area contributed by atoms with Crippen LogP contribution in [0, 0.1) is 6.92 Å². The first-order valence-electron chi connectivity index (χ1n) is 10.4. The Balaban J connectivity index is 2.22. The van der Waals surface area contributed by atoms with Crippen LogP contribution in [0.15, 0.2) is 54.6 Å². The van der Waals surface area contributed by atoms with Crippen LogP contribution in [0.1, 0.15) is 50.8 Å². The minimum atomic E-state index is -0.477. The first-order chi connectivity index (χ1) is 13.7. The normalized spacial score (nSPS) is 12.3. The van der Waals surface area contributed by atoms with Crippen molar-refractivity contribution in [1.82, 2.24) is 10.2 Å². The first kappa shape index (κ1) is 22.7. The Morgan fingerprint density at radius 3 is 2.24 bits per heavy atom.